The van der Waals surface area contributed by atoms with Crippen molar-refractivity contribution in [1.82, 2.24) is 0 Å². The van der Waals surface area contributed by atoms with Crippen LogP contribution in [0, 0.1) is 0 Å². The summed E-state index contributed by atoms with van der Waals surface area (Å²) in [6.45, 7) is 0.277. The predicted octanol–water partition coefficient (Wildman–Crippen LogP) is 1.51. The second-order valence-electron chi connectivity index (χ2n) is 2.84. The molecule has 4 nitrogen and oxygen atoms in total. The van der Waals surface area contributed by atoms with Gasteiger partial charge in [-0.2, -0.15) is 8.42 Å². The van der Waals surface area contributed by atoms with Gasteiger partial charge in [-0.25, -0.2) is 0 Å². The maximum absolute atomic E-state index is 10.3. The van der Waals surface area contributed by atoms with Gasteiger partial charge in [-0.15, -0.1) is 0 Å². The molecule has 0 aliphatic heterocycles. The van der Waals surface area contributed by atoms with Crippen molar-refractivity contribution in [3.63, 3.8) is 0 Å². The average Bonchev–Trinajstić information content (AvgIpc) is 2.17. The minimum Gasteiger partial charge on any atom is -0.490 e. The fourth-order valence-corrected chi connectivity index (χ4v) is 1.30. The SMILES string of the molecule is O=S(=O)(O)CC=CCOc1ccccc1. The van der Waals surface area contributed by atoms with E-state index in [1.54, 1.807) is 18.2 Å². The molecule has 5 heteroatoms. The summed E-state index contributed by atoms with van der Waals surface area (Å²) >= 11 is 0. The molecule has 0 aliphatic carbocycles. The summed E-state index contributed by atoms with van der Waals surface area (Å²) in [5.41, 5.74) is 0. The Labute approximate surface area is 88.9 Å². The second kappa shape index (κ2) is 5.53. The Kier molecular flexibility index (Phi) is 4.33. The molecule has 15 heavy (non-hydrogen) atoms. The van der Waals surface area contributed by atoms with Gasteiger partial charge in [0, 0.05) is 0 Å². The monoisotopic (exact) mass is 228 g/mol. The zero-order valence-corrected chi connectivity index (χ0v) is 8.85. The lowest BCUT2D eigenvalue weighted by Crippen LogP contribution is -2.01. The number of benzene rings is 1. The Morgan fingerprint density at radius 1 is 1.20 bits per heavy atom. The van der Waals surface area contributed by atoms with Crippen molar-refractivity contribution in [3.8, 4) is 5.75 Å². The zero-order chi connectivity index (χ0) is 11.1. The van der Waals surface area contributed by atoms with Gasteiger partial charge in [0.15, 0.2) is 0 Å². The van der Waals surface area contributed by atoms with Crippen LogP contribution in [0.5, 0.6) is 5.75 Å². The number of hydrogen-bond acceptors (Lipinski definition) is 3. The maximum atomic E-state index is 10.3. The normalized spacial score (nSPS) is 11.8. The highest BCUT2D eigenvalue weighted by atomic mass is 32.2. The van der Waals surface area contributed by atoms with Crippen LogP contribution in [-0.4, -0.2) is 25.3 Å². The van der Waals surface area contributed by atoms with Crippen molar-refractivity contribution >= 4 is 10.1 Å². The smallest absolute Gasteiger partial charge is 0.268 e. The molecule has 1 rings (SSSR count). The molecule has 0 saturated heterocycles. The second-order valence-corrected chi connectivity index (χ2v) is 4.34. The summed E-state index contributed by atoms with van der Waals surface area (Å²) in [7, 11) is -3.91. The lowest BCUT2D eigenvalue weighted by atomic mass is 10.3. The molecule has 0 atom stereocenters. The standard InChI is InChI=1S/C10H12O4S/c11-15(12,13)9-5-4-8-14-10-6-2-1-3-7-10/h1-7H,8-9H2,(H,11,12,13). The molecular weight excluding hydrogens is 216 g/mol. The van der Waals surface area contributed by atoms with Crippen LogP contribution >= 0.6 is 0 Å². The number of hydrogen-bond donors (Lipinski definition) is 1. The van der Waals surface area contributed by atoms with Gasteiger partial charge in [0.05, 0.1) is 5.75 Å². The zero-order valence-electron chi connectivity index (χ0n) is 8.04. The lowest BCUT2D eigenvalue weighted by molar-refractivity contribution is 0.362. The Hall–Kier alpha value is -1.33. The van der Waals surface area contributed by atoms with E-state index in [1.807, 2.05) is 18.2 Å². The molecule has 0 fully saturated rings. The first kappa shape index (κ1) is 11.7. The molecular formula is C10H12O4S. The predicted molar refractivity (Wildman–Crippen MR) is 57.5 cm³/mol. The lowest BCUT2D eigenvalue weighted by Gasteiger charge is -2.00. The fourth-order valence-electron chi connectivity index (χ4n) is 0.919. The van der Waals surface area contributed by atoms with Crippen LogP contribution < -0.4 is 4.74 Å². The molecule has 0 bridgehead atoms. The van der Waals surface area contributed by atoms with E-state index < -0.39 is 10.1 Å². The molecule has 0 saturated carbocycles. The van der Waals surface area contributed by atoms with E-state index in [9.17, 15) is 8.42 Å². The minimum atomic E-state index is -3.91. The first-order valence-corrected chi connectivity index (χ1v) is 5.97. The highest BCUT2D eigenvalue weighted by Gasteiger charge is 1.98. The van der Waals surface area contributed by atoms with Crippen molar-refractivity contribution < 1.29 is 17.7 Å². The van der Waals surface area contributed by atoms with Gasteiger partial charge in [-0.3, -0.25) is 4.55 Å². The maximum Gasteiger partial charge on any atom is 0.268 e. The third kappa shape index (κ3) is 5.87. The van der Waals surface area contributed by atoms with E-state index in [4.69, 9.17) is 9.29 Å². The summed E-state index contributed by atoms with van der Waals surface area (Å²) in [6, 6.07) is 9.17. The third-order valence-corrected chi connectivity index (χ3v) is 2.18. The van der Waals surface area contributed by atoms with Crippen LogP contribution in [0.4, 0.5) is 0 Å². The highest BCUT2D eigenvalue weighted by Crippen LogP contribution is 2.07. The van der Waals surface area contributed by atoms with E-state index in [-0.39, 0.29) is 12.4 Å². The van der Waals surface area contributed by atoms with E-state index in [0.29, 0.717) is 5.75 Å². The molecule has 0 heterocycles. The Balaban J connectivity index is 2.28. The molecule has 0 spiro atoms. The summed E-state index contributed by atoms with van der Waals surface area (Å²) < 4.78 is 34.3. The summed E-state index contributed by atoms with van der Waals surface area (Å²) in [5.74, 6) is 0.333. The van der Waals surface area contributed by atoms with Crippen LogP contribution in [0.3, 0.4) is 0 Å². The van der Waals surface area contributed by atoms with Crippen LogP contribution in [0.2, 0.25) is 0 Å². The van der Waals surface area contributed by atoms with E-state index >= 15 is 0 Å². The van der Waals surface area contributed by atoms with Crippen LogP contribution in [0.25, 0.3) is 0 Å². The van der Waals surface area contributed by atoms with Crippen molar-refractivity contribution in [3.05, 3.63) is 42.5 Å². The Morgan fingerprint density at radius 2 is 1.87 bits per heavy atom. The molecule has 1 aromatic carbocycles. The quantitative estimate of drug-likeness (QED) is 0.613. The third-order valence-electron chi connectivity index (χ3n) is 1.56. The van der Waals surface area contributed by atoms with Crippen LogP contribution in [0.1, 0.15) is 0 Å². The van der Waals surface area contributed by atoms with Crippen molar-refractivity contribution in [2.45, 2.75) is 0 Å². The molecule has 0 aliphatic rings. The largest absolute Gasteiger partial charge is 0.490 e. The minimum absolute atomic E-state index is 0.277. The van der Waals surface area contributed by atoms with Crippen molar-refractivity contribution in [2.75, 3.05) is 12.4 Å². The first-order chi connectivity index (χ1) is 7.08. The first-order valence-electron chi connectivity index (χ1n) is 4.36. The van der Waals surface area contributed by atoms with Gasteiger partial charge < -0.3 is 4.74 Å². The van der Waals surface area contributed by atoms with Gasteiger partial charge in [0.1, 0.15) is 12.4 Å². The topological polar surface area (TPSA) is 63.6 Å². The van der Waals surface area contributed by atoms with Gasteiger partial charge >= 0.3 is 0 Å². The molecule has 0 aromatic heterocycles. The molecule has 1 aromatic rings. The van der Waals surface area contributed by atoms with Gasteiger partial charge in [0.25, 0.3) is 10.1 Å². The summed E-state index contributed by atoms with van der Waals surface area (Å²) in [4.78, 5) is 0. The van der Waals surface area contributed by atoms with E-state index in [2.05, 4.69) is 0 Å². The molecule has 0 unspecified atom stereocenters. The molecule has 82 valence electrons. The van der Waals surface area contributed by atoms with E-state index in [1.165, 1.54) is 6.08 Å². The Bertz CT molecular complexity index is 408. The molecule has 0 radical (unpaired) electrons. The van der Waals surface area contributed by atoms with Gasteiger partial charge in [-0.1, -0.05) is 30.4 Å². The van der Waals surface area contributed by atoms with E-state index in [0.717, 1.165) is 0 Å². The van der Waals surface area contributed by atoms with Crippen molar-refractivity contribution in [2.24, 2.45) is 0 Å². The van der Waals surface area contributed by atoms with Gasteiger partial charge in [-0.05, 0) is 12.1 Å². The Morgan fingerprint density at radius 3 is 2.47 bits per heavy atom. The highest BCUT2D eigenvalue weighted by molar-refractivity contribution is 7.85. The molecule has 0 amide bonds. The fraction of sp³-hybridized carbons (Fsp3) is 0.200. The van der Waals surface area contributed by atoms with Gasteiger partial charge in [0.2, 0.25) is 0 Å². The van der Waals surface area contributed by atoms with Crippen molar-refractivity contribution in [1.29, 1.82) is 0 Å². The summed E-state index contributed by atoms with van der Waals surface area (Å²) in [6.07, 6.45) is 2.89. The number of ether oxygens (including phenoxy) is 1. The summed E-state index contributed by atoms with van der Waals surface area (Å²) in [5, 5.41) is 0. The van der Waals surface area contributed by atoms with Crippen LogP contribution in [-0.2, 0) is 10.1 Å². The number of rotatable bonds is 5. The van der Waals surface area contributed by atoms with Crippen LogP contribution in [0.15, 0.2) is 42.5 Å². The molecule has 1 N–H and O–H groups in total. The average molecular weight is 228 g/mol. The number of para-hydroxylation sites is 1.